The third-order valence-corrected chi connectivity index (χ3v) is 9.71. The molecule has 1 amide bonds. The summed E-state index contributed by atoms with van der Waals surface area (Å²) in [6.45, 7) is 4.59. The number of carbonyl (C=O) groups is 1. The van der Waals surface area contributed by atoms with Crippen LogP contribution < -0.4 is 5.73 Å². The van der Waals surface area contributed by atoms with Crippen molar-refractivity contribution >= 4 is 5.91 Å². The summed E-state index contributed by atoms with van der Waals surface area (Å²) in [4.78, 5) is 11.9. The van der Waals surface area contributed by atoms with E-state index in [0.717, 1.165) is 12.8 Å². The lowest BCUT2D eigenvalue weighted by Gasteiger charge is -2.13. The smallest absolute Gasteiger partial charge is 0.220 e. The molecule has 0 spiro atoms. The highest BCUT2D eigenvalue weighted by Gasteiger charge is 2.14. The molecule has 0 fully saturated rings. The van der Waals surface area contributed by atoms with E-state index in [1.54, 1.807) is 0 Å². The van der Waals surface area contributed by atoms with Gasteiger partial charge in [-0.1, -0.05) is 232 Å². The molecule has 0 bridgehead atoms. The average Bonchev–Trinajstić information content (AvgIpc) is 2.99. The van der Waals surface area contributed by atoms with Gasteiger partial charge in [-0.05, 0) is 12.8 Å². The summed E-state index contributed by atoms with van der Waals surface area (Å²) in [6, 6.07) is 0. The van der Waals surface area contributed by atoms with Gasteiger partial charge in [0.15, 0.2) is 0 Å². The maximum atomic E-state index is 11.9. The van der Waals surface area contributed by atoms with Crippen molar-refractivity contribution in [2.75, 3.05) is 0 Å². The second kappa shape index (κ2) is 36.7. The van der Waals surface area contributed by atoms with E-state index in [4.69, 9.17) is 5.73 Å². The van der Waals surface area contributed by atoms with Crippen molar-refractivity contribution in [1.29, 1.82) is 0 Å². The molecule has 0 aliphatic heterocycles. The fourth-order valence-electron chi connectivity index (χ4n) is 6.66. The molecular weight excluding hydrogens is 510 g/mol. The Kier molecular flexibility index (Phi) is 36.2. The van der Waals surface area contributed by atoms with Gasteiger partial charge in [-0.2, -0.15) is 0 Å². The van der Waals surface area contributed by atoms with Gasteiger partial charge in [-0.15, -0.1) is 0 Å². The van der Waals surface area contributed by atoms with Crippen LogP contribution in [0.2, 0.25) is 0 Å². The fraction of sp³-hybridized carbons (Fsp3) is 0.975. The number of hydrogen-bond donors (Lipinski definition) is 1. The zero-order valence-corrected chi connectivity index (χ0v) is 29.5. The van der Waals surface area contributed by atoms with Crippen LogP contribution in [0.4, 0.5) is 0 Å². The quantitative estimate of drug-likeness (QED) is 0.0717. The number of carbonyl (C=O) groups excluding carboxylic acids is 1. The number of unbranched alkanes of at least 4 members (excludes halogenated alkanes) is 32. The van der Waals surface area contributed by atoms with Crippen LogP contribution in [0.5, 0.6) is 0 Å². The van der Waals surface area contributed by atoms with Crippen LogP contribution in [-0.4, -0.2) is 5.91 Å². The first-order chi connectivity index (χ1) is 20.7. The monoisotopic (exact) mass is 592 g/mol. The standard InChI is InChI=1S/C40H81NO/c1-3-5-7-9-11-13-15-17-19-20-21-22-23-24-26-28-30-32-34-36-38-39(40(41)42)37-35-33-31-29-27-25-18-16-14-12-10-8-6-4-2/h39H,3-38H2,1-2H3,(H2,41,42). The van der Waals surface area contributed by atoms with Crippen LogP contribution in [0.1, 0.15) is 245 Å². The Hall–Kier alpha value is -0.530. The van der Waals surface area contributed by atoms with E-state index in [9.17, 15) is 4.79 Å². The molecule has 1 atom stereocenters. The average molecular weight is 592 g/mol. The molecule has 252 valence electrons. The van der Waals surface area contributed by atoms with Crippen molar-refractivity contribution in [3.05, 3.63) is 0 Å². The van der Waals surface area contributed by atoms with E-state index in [-0.39, 0.29) is 11.8 Å². The van der Waals surface area contributed by atoms with Crippen LogP contribution in [0, 0.1) is 5.92 Å². The molecule has 0 heterocycles. The molecular formula is C40H81NO. The summed E-state index contributed by atoms with van der Waals surface area (Å²) >= 11 is 0. The number of amides is 1. The van der Waals surface area contributed by atoms with Gasteiger partial charge in [0.05, 0.1) is 0 Å². The zero-order chi connectivity index (χ0) is 30.6. The number of primary amides is 1. The Balaban J connectivity index is 3.35. The molecule has 2 nitrogen and oxygen atoms in total. The number of hydrogen-bond acceptors (Lipinski definition) is 1. The first kappa shape index (κ1) is 41.5. The van der Waals surface area contributed by atoms with Crippen molar-refractivity contribution in [3.63, 3.8) is 0 Å². The first-order valence-electron chi connectivity index (χ1n) is 20.0. The molecule has 0 saturated carbocycles. The van der Waals surface area contributed by atoms with Gasteiger partial charge in [-0.3, -0.25) is 4.79 Å². The minimum Gasteiger partial charge on any atom is -0.369 e. The minimum atomic E-state index is -0.0532. The summed E-state index contributed by atoms with van der Waals surface area (Å²) < 4.78 is 0. The lowest BCUT2D eigenvalue weighted by Crippen LogP contribution is -2.23. The van der Waals surface area contributed by atoms with E-state index >= 15 is 0 Å². The molecule has 0 radical (unpaired) electrons. The predicted molar refractivity (Wildman–Crippen MR) is 190 cm³/mol. The lowest BCUT2D eigenvalue weighted by molar-refractivity contribution is -0.122. The molecule has 2 N–H and O–H groups in total. The van der Waals surface area contributed by atoms with Crippen LogP contribution in [0.25, 0.3) is 0 Å². The summed E-state index contributed by atoms with van der Waals surface area (Å²) in [5.41, 5.74) is 5.74. The van der Waals surface area contributed by atoms with Crippen molar-refractivity contribution in [2.24, 2.45) is 11.7 Å². The molecule has 0 aliphatic rings. The van der Waals surface area contributed by atoms with Crippen LogP contribution in [0.3, 0.4) is 0 Å². The highest BCUT2D eigenvalue weighted by atomic mass is 16.1. The third-order valence-electron chi connectivity index (χ3n) is 9.71. The molecule has 0 aromatic carbocycles. The molecule has 0 saturated heterocycles. The Labute approximate surface area is 266 Å². The Morgan fingerprint density at radius 1 is 0.333 bits per heavy atom. The molecule has 0 aromatic heterocycles. The minimum absolute atomic E-state index is 0.0532. The normalized spacial score (nSPS) is 12.2. The third kappa shape index (κ3) is 34.0. The summed E-state index contributed by atoms with van der Waals surface area (Å²) in [5.74, 6) is 0.0698. The van der Waals surface area contributed by atoms with Gasteiger partial charge in [-0.25, -0.2) is 0 Å². The maximum Gasteiger partial charge on any atom is 0.220 e. The van der Waals surface area contributed by atoms with E-state index in [1.807, 2.05) is 0 Å². The van der Waals surface area contributed by atoms with Crippen LogP contribution >= 0.6 is 0 Å². The molecule has 1 unspecified atom stereocenters. The van der Waals surface area contributed by atoms with Crippen LogP contribution in [-0.2, 0) is 4.79 Å². The van der Waals surface area contributed by atoms with E-state index in [1.165, 1.54) is 218 Å². The van der Waals surface area contributed by atoms with Crippen molar-refractivity contribution in [3.8, 4) is 0 Å². The number of rotatable bonds is 37. The fourth-order valence-corrected chi connectivity index (χ4v) is 6.66. The number of nitrogens with two attached hydrogens (primary N) is 1. The largest absolute Gasteiger partial charge is 0.369 e. The summed E-state index contributed by atoms with van der Waals surface area (Å²) in [5, 5.41) is 0. The van der Waals surface area contributed by atoms with Crippen molar-refractivity contribution < 1.29 is 4.79 Å². The lowest BCUT2D eigenvalue weighted by atomic mass is 9.93. The van der Waals surface area contributed by atoms with Crippen LogP contribution in [0.15, 0.2) is 0 Å². The second-order valence-corrected chi connectivity index (χ2v) is 14.0. The van der Waals surface area contributed by atoms with Gasteiger partial charge in [0, 0.05) is 5.92 Å². The molecule has 42 heavy (non-hydrogen) atoms. The molecule has 0 aliphatic carbocycles. The highest BCUT2D eigenvalue weighted by Crippen LogP contribution is 2.20. The summed E-state index contributed by atoms with van der Waals surface area (Å²) in [7, 11) is 0. The Bertz CT molecular complexity index is 504. The Morgan fingerprint density at radius 3 is 0.667 bits per heavy atom. The van der Waals surface area contributed by atoms with Crippen molar-refractivity contribution in [2.45, 2.75) is 245 Å². The summed E-state index contributed by atoms with van der Waals surface area (Å²) in [6.07, 6.45) is 49.7. The van der Waals surface area contributed by atoms with E-state index in [0.29, 0.717) is 0 Å². The van der Waals surface area contributed by atoms with E-state index in [2.05, 4.69) is 13.8 Å². The van der Waals surface area contributed by atoms with Crippen molar-refractivity contribution in [1.82, 2.24) is 0 Å². The zero-order valence-electron chi connectivity index (χ0n) is 29.5. The maximum absolute atomic E-state index is 11.9. The first-order valence-corrected chi connectivity index (χ1v) is 20.0. The topological polar surface area (TPSA) is 43.1 Å². The molecule has 0 rings (SSSR count). The van der Waals surface area contributed by atoms with Gasteiger partial charge in [0.2, 0.25) is 5.91 Å². The van der Waals surface area contributed by atoms with Gasteiger partial charge < -0.3 is 5.73 Å². The SMILES string of the molecule is CCCCCCCCCCCCCCCCCCCCCCC(CCCCCCCCCCCCCCCC)C(N)=O. The van der Waals surface area contributed by atoms with E-state index < -0.39 is 0 Å². The van der Waals surface area contributed by atoms with Gasteiger partial charge in [0.1, 0.15) is 0 Å². The molecule has 0 aromatic rings. The van der Waals surface area contributed by atoms with Gasteiger partial charge in [0.25, 0.3) is 0 Å². The highest BCUT2D eigenvalue weighted by molar-refractivity contribution is 5.76. The second-order valence-electron chi connectivity index (χ2n) is 14.0. The molecule has 2 heteroatoms. The van der Waals surface area contributed by atoms with Gasteiger partial charge >= 0.3 is 0 Å². The Morgan fingerprint density at radius 2 is 0.500 bits per heavy atom. The predicted octanol–water partition coefficient (Wildman–Crippen LogP) is 14.2.